The molecule has 3 aromatic rings. The first kappa shape index (κ1) is 17.7. The minimum absolute atomic E-state index is 0.0113. The zero-order chi connectivity index (χ0) is 18.7. The lowest BCUT2D eigenvalue weighted by atomic mass is 10.2. The first-order chi connectivity index (χ1) is 12.5. The third-order valence-electron chi connectivity index (χ3n) is 3.89. The van der Waals surface area contributed by atoms with Crippen LogP contribution in [0.15, 0.2) is 48.5 Å². The lowest BCUT2D eigenvalue weighted by Crippen LogP contribution is -2.16. The van der Waals surface area contributed by atoms with Crippen molar-refractivity contribution in [3.05, 3.63) is 65.5 Å². The molecule has 3 rings (SSSR count). The molecule has 0 aliphatic carbocycles. The van der Waals surface area contributed by atoms with Crippen LogP contribution < -0.4 is 10.1 Å². The second-order valence-electron chi connectivity index (χ2n) is 6.39. The quantitative estimate of drug-likeness (QED) is 0.757. The zero-order valence-electron chi connectivity index (χ0n) is 15.4. The number of nitrogens with zero attached hydrogens (tertiary/aromatic N) is 3. The molecular weight excluding hydrogens is 328 g/mol. The fraction of sp³-hybridized carbons (Fsp3) is 0.250. The number of carbonyl (C=O) groups is 1. The van der Waals surface area contributed by atoms with E-state index in [4.69, 9.17) is 4.74 Å². The second kappa shape index (κ2) is 7.39. The average molecular weight is 350 g/mol. The Labute approximate surface area is 152 Å². The number of anilines is 1. The predicted molar refractivity (Wildman–Crippen MR) is 101 cm³/mol. The zero-order valence-corrected chi connectivity index (χ0v) is 15.4. The van der Waals surface area contributed by atoms with Gasteiger partial charge in [-0.3, -0.25) is 4.79 Å². The molecular formula is C20H22N4O2. The van der Waals surface area contributed by atoms with Crippen LogP contribution in [-0.2, 0) is 0 Å². The molecule has 6 heteroatoms. The predicted octanol–water partition coefficient (Wildman–Crippen LogP) is 3.92. The van der Waals surface area contributed by atoms with E-state index in [1.54, 1.807) is 10.7 Å². The summed E-state index contributed by atoms with van der Waals surface area (Å²) in [6.45, 7) is 7.73. The smallest absolute Gasteiger partial charge is 0.278 e. The summed E-state index contributed by atoms with van der Waals surface area (Å²) in [5.41, 5.74) is 3.59. The van der Waals surface area contributed by atoms with Gasteiger partial charge in [-0.2, -0.15) is 0 Å². The molecule has 1 amide bonds. The minimum Gasteiger partial charge on any atom is -0.489 e. The third-order valence-corrected chi connectivity index (χ3v) is 3.89. The van der Waals surface area contributed by atoms with E-state index in [1.807, 2.05) is 70.2 Å². The summed E-state index contributed by atoms with van der Waals surface area (Å²) < 4.78 is 7.40. The van der Waals surface area contributed by atoms with Crippen molar-refractivity contribution in [2.45, 2.75) is 33.8 Å². The van der Waals surface area contributed by atoms with E-state index < -0.39 is 0 Å². The maximum absolute atomic E-state index is 12.7. The van der Waals surface area contributed by atoms with Gasteiger partial charge in [0.25, 0.3) is 5.91 Å². The molecule has 0 fully saturated rings. The lowest BCUT2D eigenvalue weighted by Gasteiger charge is -2.14. The number of aryl methyl sites for hydroxylation is 1. The standard InChI is InChI=1S/C20H22N4O2/c1-13(2)26-18-8-6-5-7-17(18)21-20(25)19-15(4)24(23-22-19)16-11-9-14(3)10-12-16/h5-13H,1-4H3,(H,21,25). The van der Waals surface area contributed by atoms with E-state index in [-0.39, 0.29) is 17.7 Å². The number of ether oxygens (including phenoxy) is 1. The number of rotatable bonds is 5. The van der Waals surface area contributed by atoms with E-state index in [2.05, 4.69) is 15.6 Å². The fourth-order valence-electron chi connectivity index (χ4n) is 2.58. The highest BCUT2D eigenvalue weighted by molar-refractivity contribution is 6.04. The van der Waals surface area contributed by atoms with Crippen molar-refractivity contribution in [2.75, 3.05) is 5.32 Å². The fourth-order valence-corrected chi connectivity index (χ4v) is 2.58. The van der Waals surface area contributed by atoms with Gasteiger partial charge in [-0.1, -0.05) is 35.0 Å². The van der Waals surface area contributed by atoms with Crippen molar-refractivity contribution in [3.63, 3.8) is 0 Å². The van der Waals surface area contributed by atoms with Crippen LogP contribution in [0, 0.1) is 13.8 Å². The summed E-state index contributed by atoms with van der Waals surface area (Å²) in [5, 5.41) is 11.1. The van der Waals surface area contributed by atoms with Crippen LogP contribution in [0.1, 0.15) is 35.6 Å². The van der Waals surface area contributed by atoms with Crippen LogP contribution in [0.3, 0.4) is 0 Å². The van der Waals surface area contributed by atoms with Crippen molar-refractivity contribution >= 4 is 11.6 Å². The molecule has 0 aliphatic rings. The van der Waals surface area contributed by atoms with Crippen LogP contribution in [0.25, 0.3) is 5.69 Å². The Morgan fingerprint density at radius 1 is 1.08 bits per heavy atom. The van der Waals surface area contributed by atoms with E-state index in [1.165, 1.54) is 0 Å². The monoisotopic (exact) mass is 350 g/mol. The largest absolute Gasteiger partial charge is 0.489 e. The Balaban J connectivity index is 1.85. The average Bonchev–Trinajstić information content (AvgIpc) is 2.98. The molecule has 1 heterocycles. The van der Waals surface area contributed by atoms with Gasteiger partial charge in [-0.15, -0.1) is 5.10 Å². The van der Waals surface area contributed by atoms with Crippen LogP contribution in [0.5, 0.6) is 5.75 Å². The summed E-state index contributed by atoms with van der Waals surface area (Å²) in [4.78, 5) is 12.7. The van der Waals surface area contributed by atoms with E-state index in [0.29, 0.717) is 17.1 Å². The maximum atomic E-state index is 12.7. The molecule has 0 saturated carbocycles. The number of hydrogen-bond donors (Lipinski definition) is 1. The van der Waals surface area contributed by atoms with Crippen molar-refractivity contribution in [3.8, 4) is 11.4 Å². The Kier molecular flexibility index (Phi) is 5.02. The summed E-state index contributed by atoms with van der Waals surface area (Å²) in [7, 11) is 0. The van der Waals surface area contributed by atoms with Gasteiger partial charge in [0.2, 0.25) is 0 Å². The minimum atomic E-state index is -0.319. The first-order valence-electron chi connectivity index (χ1n) is 8.52. The van der Waals surface area contributed by atoms with Gasteiger partial charge in [0.05, 0.1) is 23.2 Å². The van der Waals surface area contributed by atoms with Crippen LogP contribution in [-0.4, -0.2) is 27.0 Å². The summed E-state index contributed by atoms with van der Waals surface area (Å²) >= 11 is 0. The summed E-state index contributed by atoms with van der Waals surface area (Å²) in [6.07, 6.45) is 0.0113. The molecule has 1 aromatic heterocycles. The molecule has 0 aliphatic heterocycles. The summed E-state index contributed by atoms with van der Waals surface area (Å²) in [6, 6.07) is 15.2. The highest BCUT2D eigenvalue weighted by atomic mass is 16.5. The van der Waals surface area contributed by atoms with E-state index >= 15 is 0 Å². The van der Waals surface area contributed by atoms with Crippen molar-refractivity contribution in [1.29, 1.82) is 0 Å². The summed E-state index contributed by atoms with van der Waals surface area (Å²) in [5.74, 6) is 0.306. The number of hydrogen-bond acceptors (Lipinski definition) is 4. The molecule has 0 spiro atoms. The Morgan fingerprint density at radius 2 is 1.77 bits per heavy atom. The topological polar surface area (TPSA) is 69.0 Å². The number of aromatic nitrogens is 3. The van der Waals surface area contributed by atoms with Crippen LogP contribution in [0.4, 0.5) is 5.69 Å². The van der Waals surface area contributed by atoms with Gasteiger partial charge >= 0.3 is 0 Å². The SMILES string of the molecule is Cc1ccc(-n2nnc(C(=O)Nc3ccccc3OC(C)C)c2C)cc1. The van der Waals surface area contributed by atoms with Gasteiger partial charge in [-0.05, 0) is 52.0 Å². The van der Waals surface area contributed by atoms with Gasteiger partial charge in [0.1, 0.15) is 5.75 Å². The molecule has 0 bridgehead atoms. The lowest BCUT2D eigenvalue weighted by molar-refractivity contribution is 0.102. The molecule has 0 radical (unpaired) electrons. The number of amides is 1. The number of carbonyl (C=O) groups excluding carboxylic acids is 1. The number of para-hydroxylation sites is 2. The molecule has 134 valence electrons. The molecule has 2 aromatic carbocycles. The third kappa shape index (κ3) is 3.74. The highest BCUT2D eigenvalue weighted by Gasteiger charge is 2.19. The Hall–Kier alpha value is -3.15. The molecule has 6 nitrogen and oxygen atoms in total. The number of benzene rings is 2. The van der Waals surface area contributed by atoms with Gasteiger partial charge < -0.3 is 10.1 Å². The van der Waals surface area contributed by atoms with E-state index in [9.17, 15) is 4.79 Å². The van der Waals surface area contributed by atoms with Crippen LogP contribution in [0.2, 0.25) is 0 Å². The van der Waals surface area contributed by atoms with Gasteiger partial charge in [0, 0.05) is 0 Å². The molecule has 0 unspecified atom stereocenters. The number of nitrogens with one attached hydrogen (secondary N) is 1. The molecule has 0 saturated heterocycles. The Morgan fingerprint density at radius 3 is 2.46 bits per heavy atom. The van der Waals surface area contributed by atoms with Crippen LogP contribution >= 0.6 is 0 Å². The van der Waals surface area contributed by atoms with Crippen molar-refractivity contribution in [2.24, 2.45) is 0 Å². The second-order valence-corrected chi connectivity index (χ2v) is 6.39. The van der Waals surface area contributed by atoms with Crippen molar-refractivity contribution in [1.82, 2.24) is 15.0 Å². The highest BCUT2D eigenvalue weighted by Crippen LogP contribution is 2.25. The first-order valence-corrected chi connectivity index (χ1v) is 8.52. The normalized spacial score (nSPS) is 10.8. The molecule has 1 N–H and O–H groups in total. The van der Waals surface area contributed by atoms with Gasteiger partial charge in [-0.25, -0.2) is 4.68 Å². The molecule has 26 heavy (non-hydrogen) atoms. The maximum Gasteiger partial charge on any atom is 0.278 e. The molecule has 0 atom stereocenters. The van der Waals surface area contributed by atoms with E-state index in [0.717, 1.165) is 11.3 Å². The van der Waals surface area contributed by atoms with Crippen molar-refractivity contribution < 1.29 is 9.53 Å². The van der Waals surface area contributed by atoms with Gasteiger partial charge in [0.15, 0.2) is 5.69 Å². The Bertz CT molecular complexity index is 914.